The van der Waals surface area contributed by atoms with Crippen LogP contribution >= 0.6 is 24.0 Å². The molecule has 0 amide bonds. The third-order valence-corrected chi connectivity index (χ3v) is 6.29. The molecule has 23 heavy (non-hydrogen) atoms. The highest BCUT2D eigenvalue weighted by Crippen LogP contribution is 2.34. The van der Waals surface area contributed by atoms with Gasteiger partial charge in [-0.25, -0.2) is 8.42 Å². The monoisotopic (exact) mass is 392 g/mol. The highest BCUT2D eigenvalue weighted by Gasteiger charge is 2.37. The molecule has 1 aromatic rings. The molecule has 1 aliphatic heterocycles. The topological polar surface area (TPSA) is 49.4 Å². The standard InChI is InChI=1S/C13H16ClF3N2O2S.ClH/c1-8-9(2)19(6-5-18-8)22(20,21)12-4-3-10(7-11(12)14)13(15,16)17;/h3-4,7-9,18H,5-6H2,1-2H3;1H. The molecule has 0 saturated carbocycles. The van der Waals surface area contributed by atoms with Gasteiger partial charge in [-0.05, 0) is 32.0 Å². The molecule has 0 bridgehead atoms. The first-order chi connectivity index (χ1) is 10.0. The van der Waals surface area contributed by atoms with Crippen LogP contribution in [-0.4, -0.2) is 37.9 Å². The van der Waals surface area contributed by atoms with Crippen molar-refractivity contribution in [3.05, 3.63) is 28.8 Å². The molecule has 1 aliphatic rings. The lowest BCUT2D eigenvalue weighted by Gasteiger charge is -2.37. The number of nitrogens with one attached hydrogen (secondary N) is 1. The van der Waals surface area contributed by atoms with Crippen LogP contribution in [0.3, 0.4) is 0 Å². The maximum atomic E-state index is 12.7. The smallest absolute Gasteiger partial charge is 0.311 e. The fourth-order valence-corrected chi connectivity index (χ4v) is 4.60. The average molecular weight is 393 g/mol. The molecule has 1 heterocycles. The number of hydrogen-bond acceptors (Lipinski definition) is 3. The zero-order valence-electron chi connectivity index (χ0n) is 12.4. The summed E-state index contributed by atoms with van der Waals surface area (Å²) in [5, 5.41) is 2.72. The molecule has 4 nitrogen and oxygen atoms in total. The number of alkyl halides is 3. The van der Waals surface area contributed by atoms with Crippen molar-refractivity contribution in [1.82, 2.24) is 9.62 Å². The van der Waals surface area contributed by atoms with Gasteiger partial charge in [0.2, 0.25) is 10.0 Å². The lowest BCUT2D eigenvalue weighted by molar-refractivity contribution is -0.137. The van der Waals surface area contributed by atoms with Crippen LogP contribution in [0.1, 0.15) is 19.4 Å². The first kappa shape index (κ1) is 20.5. The summed E-state index contributed by atoms with van der Waals surface area (Å²) in [5.74, 6) is 0. The van der Waals surface area contributed by atoms with Crippen LogP contribution in [0.15, 0.2) is 23.1 Å². The second-order valence-corrected chi connectivity index (χ2v) is 7.51. The number of rotatable bonds is 2. The van der Waals surface area contributed by atoms with Gasteiger partial charge < -0.3 is 5.32 Å². The highest BCUT2D eigenvalue weighted by molar-refractivity contribution is 7.89. The molecule has 2 atom stereocenters. The molecule has 132 valence electrons. The van der Waals surface area contributed by atoms with Gasteiger partial charge in [-0.1, -0.05) is 11.6 Å². The molecule has 1 fully saturated rings. The Morgan fingerprint density at radius 1 is 1.30 bits per heavy atom. The number of piperazine rings is 1. The van der Waals surface area contributed by atoms with Crippen LogP contribution in [-0.2, 0) is 16.2 Å². The van der Waals surface area contributed by atoms with Gasteiger partial charge in [-0.2, -0.15) is 17.5 Å². The molecule has 0 aromatic heterocycles. The maximum Gasteiger partial charge on any atom is 0.416 e. The third-order valence-electron chi connectivity index (χ3n) is 3.82. The van der Waals surface area contributed by atoms with Gasteiger partial charge in [0.25, 0.3) is 0 Å². The Morgan fingerprint density at radius 2 is 1.91 bits per heavy atom. The van der Waals surface area contributed by atoms with E-state index in [9.17, 15) is 21.6 Å². The van der Waals surface area contributed by atoms with Gasteiger partial charge in [0.05, 0.1) is 10.6 Å². The maximum absolute atomic E-state index is 12.7. The molecule has 1 N–H and O–H groups in total. The number of hydrogen-bond donors (Lipinski definition) is 1. The van der Waals surface area contributed by atoms with E-state index in [2.05, 4.69) is 5.32 Å². The summed E-state index contributed by atoms with van der Waals surface area (Å²) in [4.78, 5) is -0.303. The number of sulfonamides is 1. The molecule has 2 unspecified atom stereocenters. The van der Waals surface area contributed by atoms with Crippen molar-refractivity contribution in [2.24, 2.45) is 0 Å². The summed E-state index contributed by atoms with van der Waals surface area (Å²) < 4.78 is 64.5. The van der Waals surface area contributed by atoms with E-state index < -0.39 is 26.8 Å². The van der Waals surface area contributed by atoms with Crippen molar-refractivity contribution in [2.75, 3.05) is 13.1 Å². The summed E-state index contributed by atoms with van der Waals surface area (Å²) >= 11 is 5.80. The average Bonchev–Trinajstić information content (AvgIpc) is 2.40. The fourth-order valence-electron chi connectivity index (χ4n) is 2.38. The van der Waals surface area contributed by atoms with E-state index in [-0.39, 0.29) is 35.9 Å². The van der Waals surface area contributed by atoms with Gasteiger partial charge in [-0.15, -0.1) is 12.4 Å². The second kappa shape index (κ2) is 7.14. The minimum absolute atomic E-state index is 0. The molecular formula is C13H17Cl2F3N2O2S. The zero-order valence-corrected chi connectivity index (χ0v) is 14.8. The van der Waals surface area contributed by atoms with Crippen LogP contribution in [0.4, 0.5) is 13.2 Å². The molecular weight excluding hydrogens is 376 g/mol. The predicted octanol–water partition coefficient (Wildman–Crippen LogP) is 3.15. The van der Waals surface area contributed by atoms with Gasteiger partial charge in [0, 0.05) is 25.2 Å². The molecule has 0 radical (unpaired) electrons. The van der Waals surface area contributed by atoms with E-state index in [4.69, 9.17) is 11.6 Å². The SMILES string of the molecule is CC1NCCN(S(=O)(=O)c2ccc(C(F)(F)F)cc2Cl)C1C.Cl. The molecule has 0 spiro atoms. The summed E-state index contributed by atoms with van der Waals surface area (Å²) in [6.45, 7) is 4.31. The van der Waals surface area contributed by atoms with E-state index in [0.29, 0.717) is 12.6 Å². The Bertz CT molecular complexity index is 668. The summed E-state index contributed by atoms with van der Waals surface area (Å²) in [7, 11) is -3.94. The van der Waals surface area contributed by atoms with Crippen LogP contribution in [0, 0.1) is 0 Å². The Balaban J connectivity index is 0.00000264. The Labute approximate surface area is 144 Å². The zero-order chi connectivity index (χ0) is 16.7. The minimum Gasteiger partial charge on any atom is -0.311 e. The molecule has 1 aromatic carbocycles. The van der Waals surface area contributed by atoms with Crippen molar-refractivity contribution in [2.45, 2.75) is 37.0 Å². The Kier molecular flexibility index (Phi) is 6.37. The normalized spacial score (nSPS) is 23.4. The van der Waals surface area contributed by atoms with Gasteiger partial charge in [0.15, 0.2) is 0 Å². The van der Waals surface area contributed by atoms with Crippen molar-refractivity contribution in [3.8, 4) is 0 Å². The predicted molar refractivity (Wildman–Crippen MR) is 84.5 cm³/mol. The van der Waals surface area contributed by atoms with Gasteiger partial charge in [0.1, 0.15) is 4.90 Å². The lowest BCUT2D eigenvalue weighted by Crippen LogP contribution is -2.57. The minimum atomic E-state index is -4.57. The highest BCUT2D eigenvalue weighted by atomic mass is 35.5. The third kappa shape index (κ3) is 4.11. The van der Waals surface area contributed by atoms with Crippen molar-refractivity contribution in [3.63, 3.8) is 0 Å². The van der Waals surface area contributed by atoms with E-state index in [1.165, 1.54) is 4.31 Å². The van der Waals surface area contributed by atoms with Crippen molar-refractivity contribution in [1.29, 1.82) is 0 Å². The van der Waals surface area contributed by atoms with Crippen LogP contribution in [0.2, 0.25) is 5.02 Å². The largest absolute Gasteiger partial charge is 0.416 e. The van der Waals surface area contributed by atoms with E-state index in [0.717, 1.165) is 12.1 Å². The lowest BCUT2D eigenvalue weighted by atomic mass is 10.1. The van der Waals surface area contributed by atoms with Crippen molar-refractivity contribution < 1.29 is 21.6 Å². The van der Waals surface area contributed by atoms with Crippen LogP contribution in [0.5, 0.6) is 0 Å². The number of halogens is 5. The van der Waals surface area contributed by atoms with E-state index in [1.54, 1.807) is 6.92 Å². The number of benzene rings is 1. The Hall–Kier alpha value is -0.540. The Morgan fingerprint density at radius 3 is 2.43 bits per heavy atom. The van der Waals surface area contributed by atoms with Crippen molar-refractivity contribution >= 4 is 34.0 Å². The second-order valence-electron chi connectivity index (χ2n) is 5.24. The van der Waals surface area contributed by atoms with E-state index in [1.807, 2.05) is 6.92 Å². The van der Waals surface area contributed by atoms with Crippen LogP contribution < -0.4 is 5.32 Å². The molecule has 10 heteroatoms. The summed E-state index contributed by atoms with van der Waals surface area (Å²) in [5.41, 5.74) is -0.974. The molecule has 1 saturated heterocycles. The van der Waals surface area contributed by atoms with E-state index >= 15 is 0 Å². The van der Waals surface area contributed by atoms with Gasteiger partial charge in [-0.3, -0.25) is 0 Å². The summed E-state index contributed by atoms with van der Waals surface area (Å²) in [6, 6.07) is 1.91. The van der Waals surface area contributed by atoms with Gasteiger partial charge >= 0.3 is 6.18 Å². The first-order valence-corrected chi connectivity index (χ1v) is 8.49. The molecule has 0 aliphatic carbocycles. The fraction of sp³-hybridized carbons (Fsp3) is 0.538. The number of nitrogens with zero attached hydrogens (tertiary/aromatic N) is 1. The van der Waals surface area contributed by atoms with Crippen LogP contribution in [0.25, 0.3) is 0 Å². The summed E-state index contributed by atoms with van der Waals surface area (Å²) in [6.07, 6.45) is -4.57. The quantitative estimate of drug-likeness (QED) is 0.840. The first-order valence-electron chi connectivity index (χ1n) is 6.67. The molecule has 2 rings (SSSR count).